The number of allylic oxidation sites excluding steroid dienone is 4. The summed E-state index contributed by atoms with van der Waals surface area (Å²) in [6.45, 7) is 8.32. The molecule has 0 saturated carbocycles. The van der Waals surface area contributed by atoms with Crippen LogP contribution in [0, 0.1) is 0 Å². The summed E-state index contributed by atoms with van der Waals surface area (Å²) in [7, 11) is -1.04. The van der Waals surface area contributed by atoms with Crippen molar-refractivity contribution >= 4 is 30.0 Å². The Morgan fingerprint density at radius 3 is 1.95 bits per heavy atom. The first kappa shape index (κ1) is 19.3. The van der Waals surface area contributed by atoms with Gasteiger partial charge in [0.1, 0.15) is 0 Å². The fourth-order valence-corrected chi connectivity index (χ4v) is 4.65. The quantitative estimate of drug-likeness (QED) is 0.494. The van der Waals surface area contributed by atoms with E-state index >= 15 is 0 Å². The van der Waals surface area contributed by atoms with E-state index in [1.54, 1.807) is 0 Å². The van der Waals surface area contributed by atoms with Gasteiger partial charge in [0.05, 0.1) is 6.42 Å². The molecule has 0 fully saturated rings. The average Bonchev–Trinajstić information content (AvgIpc) is 2.57. The van der Waals surface area contributed by atoms with E-state index in [0.717, 1.165) is 0 Å². The minimum Gasteiger partial charge on any atom is -0.381 e. The monoisotopic (exact) mass is 352 g/mol. The Morgan fingerprint density at radius 2 is 1.55 bits per heavy atom. The van der Waals surface area contributed by atoms with Crippen LogP contribution in [0.3, 0.4) is 0 Å². The van der Waals surface area contributed by atoms with Gasteiger partial charge in [0.15, 0.2) is 30.0 Å². The number of rotatable bonds is 9. The molecule has 0 amide bonds. The van der Waals surface area contributed by atoms with Gasteiger partial charge in [-0.3, -0.25) is 0 Å². The first-order valence-corrected chi connectivity index (χ1v) is 11.0. The molecule has 0 aliphatic heterocycles. The standard InChI is InChI=1S/C16H28O3Si3/c1-5-13(3)21-18-16(17-20,19-22-14(4)6-2)12-15-10-8-7-9-11-15/h5-11H,12,21-22H2,1-4,20H3. The van der Waals surface area contributed by atoms with E-state index in [4.69, 9.17) is 13.3 Å². The maximum absolute atomic E-state index is 6.20. The maximum atomic E-state index is 6.20. The molecule has 3 nitrogen and oxygen atoms in total. The summed E-state index contributed by atoms with van der Waals surface area (Å²) in [5.74, 6) is -0.888. The minimum atomic E-state index is -0.888. The SMILES string of the molecule is CC=C(C)[SiH2]OC(Cc1ccccc1)(O[SiH3])O[SiH2]C(C)=CC. The average molecular weight is 353 g/mol. The fraction of sp³-hybridized carbons (Fsp3) is 0.375. The number of hydrogen-bond donors (Lipinski definition) is 0. The summed E-state index contributed by atoms with van der Waals surface area (Å²) in [5.41, 5.74) is 1.18. The highest BCUT2D eigenvalue weighted by molar-refractivity contribution is 6.39. The molecule has 0 bridgehead atoms. The lowest BCUT2D eigenvalue weighted by Crippen LogP contribution is -2.43. The molecular weight excluding hydrogens is 324 g/mol. The molecule has 122 valence electrons. The smallest absolute Gasteiger partial charge is 0.257 e. The number of hydrogen-bond acceptors (Lipinski definition) is 3. The topological polar surface area (TPSA) is 27.7 Å². The summed E-state index contributed by atoms with van der Waals surface area (Å²) in [6, 6.07) is 10.3. The van der Waals surface area contributed by atoms with Gasteiger partial charge in [-0.25, -0.2) is 0 Å². The second-order valence-electron chi connectivity index (χ2n) is 5.40. The fourth-order valence-electron chi connectivity index (χ4n) is 1.79. The predicted molar refractivity (Wildman–Crippen MR) is 102 cm³/mol. The first-order chi connectivity index (χ1) is 10.5. The first-order valence-electron chi connectivity index (χ1n) is 7.65. The van der Waals surface area contributed by atoms with Crippen molar-refractivity contribution in [3.05, 3.63) is 58.4 Å². The van der Waals surface area contributed by atoms with Crippen LogP contribution in [0.5, 0.6) is 0 Å². The third-order valence-electron chi connectivity index (χ3n) is 3.60. The number of benzene rings is 1. The van der Waals surface area contributed by atoms with Crippen LogP contribution in [-0.2, 0) is 19.7 Å². The van der Waals surface area contributed by atoms with Gasteiger partial charge < -0.3 is 13.3 Å². The van der Waals surface area contributed by atoms with Gasteiger partial charge >= 0.3 is 0 Å². The molecule has 0 aliphatic rings. The summed E-state index contributed by atoms with van der Waals surface area (Å²) in [4.78, 5) is 0. The van der Waals surface area contributed by atoms with Crippen molar-refractivity contribution in [3.8, 4) is 0 Å². The van der Waals surface area contributed by atoms with Crippen LogP contribution in [0.25, 0.3) is 0 Å². The molecular formula is C16H28O3Si3. The van der Waals surface area contributed by atoms with E-state index in [2.05, 4.69) is 38.1 Å². The molecule has 0 N–H and O–H groups in total. The summed E-state index contributed by atoms with van der Waals surface area (Å²) >= 11 is 0. The zero-order chi connectivity index (χ0) is 16.4. The molecule has 0 aromatic heterocycles. The Labute approximate surface area is 142 Å². The van der Waals surface area contributed by atoms with Crippen LogP contribution in [0.4, 0.5) is 0 Å². The van der Waals surface area contributed by atoms with Crippen molar-refractivity contribution in [3.63, 3.8) is 0 Å². The largest absolute Gasteiger partial charge is 0.381 e. The van der Waals surface area contributed by atoms with Gasteiger partial charge in [-0.15, -0.1) is 0 Å². The third-order valence-corrected chi connectivity index (χ3v) is 7.12. The lowest BCUT2D eigenvalue weighted by atomic mass is 10.1. The van der Waals surface area contributed by atoms with Crippen LogP contribution < -0.4 is 0 Å². The van der Waals surface area contributed by atoms with Crippen molar-refractivity contribution in [2.45, 2.75) is 40.1 Å². The molecule has 1 rings (SSSR count). The van der Waals surface area contributed by atoms with E-state index in [-0.39, 0.29) is 0 Å². The van der Waals surface area contributed by atoms with E-state index in [0.29, 0.717) is 16.9 Å². The van der Waals surface area contributed by atoms with Crippen LogP contribution >= 0.6 is 0 Å². The van der Waals surface area contributed by atoms with Crippen LogP contribution in [0.2, 0.25) is 0 Å². The van der Waals surface area contributed by atoms with E-state index in [1.807, 2.05) is 32.0 Å². The van der Waals surface area contributed by atoms with Crippen molar-refractivity contribution in [1.29, 1.82) is 0 Å². The van der Waals surface area contributed by atoms with Crippen molar-refractivity contribution in [2.75, 3.05) is 0 Å². The molecule has 0 atom stereocenters. The molecule has 0 saturated heterocycles. The molecule has 1 aromatic rings. The highest BCUT2D eigenvalue weighted by atomic mass is 28.2. The molecule has 0 spiro atoms. The molecule has 1 aromatic carbocycles. The molecule has 0 heterocycles. The van der Waals surface area contributed by atoms with Gasteiger partial charge in [-0.05, 0) is 33.3 Å². The Hall–Kier alpha value is -0.769. The highest BCUT2D eigenvalue weighted by Crippen LogP contribution is 2.21. The Kier molecular flexibility index (Phi) is 8.84. The lowest BCUT2D eigenvalue weighted by Gasteiger charge is -2.34. The van der Waals surface area contributed by atoms with Crippen molar-refractivity contribution in [2.24, 2.45) is 0 Å². The van der Waals surface area contributed by atoms with E-state index in [9.17, 15) is 0 Å². The van der Waals surface area contributed by atoms with E-state index in [1.165, 1.54) is 16.0 Å². The van der Waals surface area contributed by atoms with Crippen LogP contribution in [0.15, 0.2) is 52.9 Å². The zero-order valence-electron chi connectivity index (χ0n) is 14.4. The molecule has 6 heteroatoms. The third kappa shape index (κ3) is 6.55. The Bertz CT molecular complexity index is 479. The summed E-state index contributed by atoms with van der Waals surface area (Å²) in [5, 5.41) is 2.62. The second kappa shape index (κ2) is 10.1. The summed E-state index contributed by atoms with van der Waals surface area (Å²) < 4.78 is 18.2. The molecule has 0 unspecified atom stereocenters. The van der Waals surface area contributed by atoms with Gasteiger partial charge in [0, 0.05) is 0 Å². The highest BCUT2D eigenvalue weighted by Gasteiger charge is 2.31. The second-order valence-corrected chi connectivity index (χ2v) is 9.19. The molecule has 0 radical (unpaired) electrons. The van der Waals surface area contributed by atoms with Gasteiger partial charge in [0.25, 0.3) is 5.97 Å². The summed E-state index contributed by atoms with van der Waals surface area (Å²) in [6.07, 6.45) is 4.87. The zero-order valence-corrected chi connectivity index (χ0v) is 19.2. The van der Waals surface area contributed by atoms with Gasteiger partial charge in [0.2, 0.25) is 0 Å². The minimum absolute atomic E-state index is 0.586. The van der Waals surface area contributed by atoms with E-state index < -0.39 is 25.5 Å². The normalized spacial score (nSPS) is 16.9. The maximum Gasteiger partial charge on any atom is 0.257 e. The lowest BCUT2D eigenvalue weighted by molar-refractivity contribution is -0.251. The molecule has 22 heavy (non-hydrogen) atoms. The van der Waals surface area contributed by atoms with Crippen molar-refractivity contribution < 1.29 is 13.3 Å². The Morgan fingerprint density at radius 1 is 1.05 bits per heavy atom. The van der Waals surface area contributed by atoms with Crippen LogP contribution in [0.1, 0.15) is 33.3 Å². The van der Waals surface area contributed by atoms with Gasteiger partial charge in [-0.2, -0.15) is 0 Å². The van der Waals surface area contributed by atoms with Crippen molar-refractivity contribution in [1.82, 2.24) is 0 Å². The van der Waals surface area contributed by atoms with Gasteiger partial charge in [-0.1, -0.05) is 52.9 Å². The molecule has 0 aliphatic carbocycles. The predicted octanol–water partition coefficient (Wildman–Crippen LogP) is 1.23. The van der Waals surface area contributed by atoms with Crippen LogP contribution in [-0.4, -0.2) is 36.0 Å². The Balaban J connectivity index is 2.89.